The molecule has 0 aliphatic carbocycles. The summed E-state index contributed by atoms with van der Waals surface area (Å²) in [5.41, 5.74) is 3.59. The molecule has 0 saturated carbocycles. The number of fused-ring (bicyclic) bond motifs is 1. The molecule has 0 heterocycles. The maximum atomic E-state index is 11.3. The van der Waals surface area contributed by atoms with Crippen molar-refractivity contribution in [3.05, 3.63) is 102 Å². The SMILES string of the molecule is CC(OCC(O)CNC(C)(C)Cc1ccc2ccccc2c1)c1ccccc1-c1ccc(P(=O)([O-])[O-])cc1. The van der Waals surface area contributed by atoms with Crippen LogP contribution < -0.4 is 20.4 Å². The normalized spacial score (nSPS) is 13.9. The molecule has 0 saturated heterocycles. The van der Waals surface area contributed by atoms with Gasteiger partial charge < -0.3 is 29.5 Å². The third-order valence-electron chi connectivity index (χ3n) is 6.71. The maximum absolute atomic E-state index is 11.3. The summed E-state index contributed by atoms with van der Waals surface area (Å²) in [5, 5.41) is 16.3. The summed E-state index contributed by atoms with van der Waals surface area (Å²) < 4.78 is 17.3. The number of nitrogens with one attached hydrogen (secondary N) is 1. The highest BCUT2D eigenvalue weighted by Gasteiger charge is 2.20. The fourth-order valence-electron chi connectivity index (χ4n) is 4.66. The predicted octanol–water partition coefficient (Wildman–Crippen LogP) is 4.10. The van der Waals surface area contributed by atoms with E-state index in [2.05, 4.69) is 49.5 Å². The molecule has 7 heteroatoms. The Balaban J connectivity index is 1.33. The number of ether oxygens (including phenoxy) is 1. The minimum atomic E-state index is -4.79. The monoisotopic (exact) mass is 531 g/mol. The first-order chi connectivity index (χ1) is 18.0. The van der Waals surface area contributed by atoms with E-state index in [9.17, 15) is 19.5 Å². The van der Waals surface area contributed by atoms with Gasteiger partial charge in [-0.05, 0) is 73.1 Å². The third-order valence-corrected chi connectivity index (χ3v) is 7.64. The Hall–Kier alpha value is -2.83. The molecule has 0 aromatic heterocycles. The van der Waals surface area contributed by atoms with Crippen LogP contribution in [0.5, 0.6) is 0 Å². The lowest BCUT2D eigenvalue weighted by Crippen LogP contribution is -2.46. The van der Waals surface area contributed by atoms with Crippen molar-refractivity contribution < 1.29 is 24.2 Å². The first-order valence-corrected chi connectivity index (χ1v) is 14.3. The number of benzene rings is 4. The van der Waals surface area contributed by atoms with Crippen LogP contribution in [0.2, 0.25) is 0 Å². The molecule has 4 rings (SSSR count). The van der Waals surface area contributed by atoms with E-state index < -0.39 is 13.7 Å². The average Bonchev–Trinajstić information content (AvgIpc) is 2.90. The molecule has 2 atom stereocenters. The predicted molar refractivity (Wildman–Crippen MR) is 149 cm³/mol. The first-order valence-electron chi connectivity index (χ1n) is 12.8. The van der Waals surface area contributed by atoms with Crippen LogP contribution >= 0.6 is 7.60 Å². The van der Waals surface area contributed by atoms with Crippen molar-refractivity contribution in [2.45, 2.75) is 44.9 Å². The topological polar surface area (TPSA) is 105 Å². The minimum Gasteiger partial charge on any atom is -0.807 e. The molecule has 4 aromatic rings. The molecular weight excluding hydrogens is 497 g/mol. The standard InChI is InChI=1S/C31H36NO5P/c1-22(29-10-6-7-11-30(29)25-14-16-28(17-15-25)38(34,35)36)37-21-27(33)20-32-31(2,3)19-23-12-13-24-8-4-5-9-26(24)18-23/h4-18,22,27,32-33H,19-21H2,1-3H3,(H2,34,35,36)/p-2. The second kappa shape index (κ2) is 11.9. The van der Waals surface area contributed by atoms with E-state index in [1.54, 1.807) is 12.1 Å². The van der Waals surface area contributed by atoms with Crippen LogP contribution in [0.4, 0.5) is 0 Å². The molecule has 38 heavy (non-hydrogen) atoms. The van der Waals surface area contributed by atoms with Crippen molar-refractivity contribution in [1.82, 2.24) is 5.32 Å². The van der Waals surface area contributed by atoms with Crippen LogP contribution in [0.1, 0.15) is 38.0 Å². The zero-order chi connectivity index (χ0) is 27.3. The lowest BCUT2D eigenvalue weighted by Gasteiger charge is -2.30. The van der Waals surface area contributed by atoms with Crippen molar-refractivity contribution in [1.29, 1.82) is 0 Å². The van der Waals surface area contributed by atoms with Gasteiger partial charge in [-0.25, -0.2) is 0 Å². The lowest BCUT2D eigenvalue weighted by molar-refractivity contribution is -0.307. The molecule has 4 aromatic carbocycles. The van der Waals surface area contributed by atoms with Crippen molar-refractivity contribution in [3.63, 3.8) is 0 Å². The van der Waals surface area contributed by atoms with Crippen molar-refractivity contribution in [2.75, 3.05) is 13.2 Å². The number of aliphatic hydroxyl groups is 1. The van der Waals surface area contributed by atoms with E-state index in [0.717, 1.165) is 23.1 Å². The Morgan fingerprint density at radius 1 is 0.921 bits per heavy atom. The number of hydrogen-bond acceptors (Lipinski definition) is 6. The van der Waals surface area contributed by atoms with Gasteiger partial charge in [-0.1, -0.05) is 91.0 Å². The molecule has 0 radical (unpaired) electrons. The van der Waals surface area contributed by atoms with Crippen LogP contribution in [0, 0.1) is 0 Å². The van der Waals surface area contributed by atoms with Crippen LogP contribution in [-0.2, 0) is 15.7 Å². The van der Waals surface area contributed by atoms with E-state index in [0.29, 0.717) is 6.54 Å². The Morgan fingerprint density at radius 2 is 1.58 bits per heavy atom. The van der Waals surface area contributed by atoms with Crippen molar-refractivity contribution >= 4 is 23.7 Å². The van der Waals surface area contributed by atoms with Gasteiger partial charge in [0.25, 0.3) is 0 Å². The zero-order valence-electron chi connectivity index (χ0n) is 22.0. The molecule has 0 spiro atoms. The third kappa shape index (κ3) is 7.39. The molecule has 2 unspecified atom stereocenters. The van der Waals surface area contributed by atoms with Crippen LogP contribution in [-0.4, -0.2) is 29.9 Å². The first kappa shape index (κ1) is 28.2. The van der Waals surface area contributed by atoms with Crippen LogP contribution in [0.15, 0.2) is 91.0 Å². The Bertz CT molecular complexity index is 1410. The summed E-state index contributed by atoms with van der Waals surface area (Å²) >= 11 is 0. The van der Waals surface area contributed by atoms with Gasteiger partial charge in [0, 0.05) is 12.1 Å². The van der Waals surface area contributed by atoms with E-state index in [4.69, 9.17) is 4.74 Å². The van der Waals surface area contributed by atoms with Gasteiger partial charge in [-0.15, -0.1) is 0 Å². The van der Waals surface area contributed by atoms with Crippen molar-refractivity contribution in [3.8, 4) is 11.1 Å². The zero-order valence-corrected chi connectivity index (χ0v) is 22.9. The van der Waals surface area contributed by atoms with Gasteiger partial charge >= 0.3 is 0 Å². The molecule has 6 nitrogen and oxygen atoms in total. The van der Waals surface area contributed by atoms with E-state index >= 15 is 0 Å². The highest BCUT2D eigenvalue weighted by Crippen LogP contribution is 2.31. The Kier molecular flexibility index (Phi) is 8.84. The fraction of sp³-hybridized carbons (Fsp3) is 0.290. The summed E-state index contributed by atoms with van der Waals surface area (Å²) in [5.74, 6) is 0. The van der Waals surface area contributed by atoms with Gasteiger partial charge in [0.1, 0.15) is 0 Å². The molecule has 2 N–H and O–H groups in total. The quantitative estimate of drug-likeness (QED) is 0.283. The van der Waals surface area contributed by atoms with E-state index in [1.165, 1.54) is 28.5 Å². The lowest BCUT2D eigenvalue weighted by atomic mass is 9.93. The molecule has 0 fully saturated rings. The van der Waals surface area contributed by atoms with Gasteiger partial charge in [0.15, 0.2) is 0 Å². The average molecular weight is 532 g/mol. The minimum absolute atomic E-state index is 0.156. The second-order valence-electron chi connectivity index (χ2n) is 10.4. The number of hydrogen-bond donors (Lipinski definition) is 2. The summed E-state index contributed by atoms with van der Waals surface area (Å²) in [6, 6.07) is 28.4. The summed E-state index contributed by atoms with van der Waals surface area (Å²) in [7, 11) is -4.79. The molecule has 0 aliphatic rings. The van der Waals surface area contributed by atoms with E-state index in [1.807, 2.05) is 43.3 Å². The molecule has 0 bridgehead atoms. The highest BCUT2D eigenvalue weighted by atomic mass is 31.2. The summed E-state index contributed by atoms with van der Waals surface area (Å²) in [4.78, 5) is 22.6. The van der Waals surface area contributed by atoms with Crippen LogP contribution in [0.25, 0.3) is 21.9 Å². The smallest absolute Gasteiger partial charge is 0.0898 e. The summed E-state index contributed by atoms with van der Waals surface area (Å²) in [6.07, 6.45) is -0.179. The van der Waals surface area contributed by atoms with Crippen LogP contribution in [0.3, 0.4) is 0 Å². The molecule has 200 valence electrons. The van der Waals surface area contributed by atoms with Gasteiger partial charge in [0.05, 0.1) is 18.8 Å². The van der Waals surface area contributed by atoms with Gasteiger partial charge in [0.2, 0.25) is 0 Å². The highest BCUT2D eigenvalue weighted by molar-refractivity contribution is 7.57. The van der Waals surface area contributed by atoms with Crippen molar-refractivity contribution in [2.24, 2.45) is 0 Å². The molecular formula is C31H34NO5P-2. The summed E-state index contributed by atoms with van der Waals surface area (Å²) in [6.45, 7) is 6.71. The van der Waals surface area contributed by atoms with E-state index in [-0.39, 0.29) is 23.6 Å². The maximum Gasteiger partial charge on any atom is 0.0898 e. The second-order valence-corrected chi connectivity index (χ2v) is 11.9. The Morgan fingerprint density at radius 3 is 2.29 bits per heavy atom. The fourth-order valence-corrected chi connectivity index (χ4v) is 5.17. The molecule has 0 aliphatic heterocycles. The molecule has 0 amide bonds. The van der Waals surface area contributed by atoms with Gasteiger partial charge in [-0.2, -0.15) is 0 Å². The number of aliphatic hydroxyl groups excluding tert-OH is 1. The number of β-amino-alcohol motifs (C(OH)–C–C–N with tert-alkyl or cyclic N) is 1. The largest absolute Gasteiger partial charge is 0.807 e. The van der Waals surface area contributed by atoms with Gasteiger partial charge in [-0.3, -0.25) is 0 Å². The number of rotatable bonds is 11. The Labute approximate surface area is 224 Å².